The maximum Gasteiger partial charge on any atom is 0.326 e. The van der Waals surface area contributed by atoms with Crippen LogP contribution in [0, 0.1) is 11.8 Å². The van der Waals surface area contributed by atoms with Crippen LogP contribution >= 0.6 is 7.60 Å². The molecule has 2 aliphatic rings. The Kier molecular flexibility index (Phi) is 10.8. The van der Waals surface area contributed by atoms with Gasteiger partial charge < -0.3 is 31.5 Å². The second-order valence-corrected chi connectivity index (χ2v) is 13.5. The number of allylic oxidation sites excluding steroid dienone is 2. The van der Waals surface area contributed by atoms with Crippen LogP contribution in [0.1, 0.15) is 56.9 Å². The highest BCUT2D eigenvalue weighted by Gasteiger charge is 2.43. The van der Waals surface area contributed by atoms with Crippen molar-refractivity contribution in [1.29, 1.82) is 0 Å². The van der Waals surface area contributed by atoms with Gasteiger partial charge in [0.2, 0.25) is 23.6 Å². The number of benzene rings is 2. The van der Waals surface area contributed by atoms with Crippen LogP contribution in [0.15, 0.2) is 54.6 Å². The second-order valence-electron chi connectivity index (χ2n) is 11.8. The van der Waals surface area contributed by atoms with E-state index in [4.69, 9.17) is 5.73 Å². The molecule has 7 N–H and O–H groups in total. The normalized spacial score (nSPS) is 24.7. The van der Waals surface area contributed by atoms with Crippen LogP contribution < -0.4 is 21.7 Å². The molecule has 1 spiro atoms. The Morgan fingerprint density at radius 2 is 1.74 bits per heavy atom. The van der Waals surface area contributed by atoms with Crippen LogP contribution in [-0.4, -0.2) is 57.7 Å². The molecule has 1 aliphatic heterocycles. The van der Waals surface area contributed by atoms with E-state index in [9.17, 15) is 33.5 Å². The Balaban J connectivity index is 1.66. The van der Waals surface area contributed by atoms with Gasteiger partial charge in [-0.15, -0.1) is 0 Å². The number of hydrogen-bond acceptors (Lipinski definition) is 5. The largest absolute Gasteiger partial charge is 0.370 e. The smallest absolute Gasteiger partial charge is 0.326 e. The van der Waals surface area contributed by atoms with Crippen molar-refractivity contribution in [1.82, 2.24) is 16.0 Å². The highest BCUT2D eigenvalue weighted by molar-refractivity contribution is 7.51. The molecule has 1 fully saturated rings. The van der Waals surface area contributed by atoms with Gasteiger partial charge >= 0.3 is 7.60 Å². The third kappa shape index (κ3) is 9.23. The average molecular weight is 613 g/mol. The van der Waals surface area contributed by atoms with Gasteiger partial charge in [0.15, 0.2) is 0 Å². The summed E-state index contributed by atoms with van der Waals surface area (Å²) in [6, 6.07) is 12.7. The van der Waals surface area contributed by atoms with Crippen LogP contribution in [0.4, 0.5) is 0 Å². The van der Waals surface area contributed by atoms with Crippen molar-refractivity contribution in [3.63, 3.8) is 0 Å². The van der Waals surface area contributed by atoms with Gasteiger partial charge in [0.25, 0.3) is 0 Å². The van der Waals surface area contributed by atoms with E-state index >= 15 is 0 Å². The van der Waals surface area contributed by atoms with Crippen LogP contribution in [0.2, 0.25) is 0 Å². The Bertz CT molecular complexity index is 1410. The summed E-state index contributed by atoms with van der Waals surface area (Å²) in [6.07, 6.45) is 6.22. The Morgan fingerprint density at radius 1 is 1.02 bits per heavy atom. The Morgan fingerprint density at radius 3 is 2.47 bits per heavy atom. The molecule has 12 heteroatoms. The first-order valence-electron chi connectivity index (χ1n) is 14.8. The molecule has 232 valence electrons. The number of amides is 4. The number of fused-ring (bicyclic) bond motifs is 1. The molecule has 0 saturated heterocycles. The van der Waals surface area contributed by atoms with E-state index in [2.05, 4.69) is 16.0 Å². The molecule has 0 radical (unpaired) electrons. The van der Waals surface area contributed by atoms with Crippen molar-refractivity contribution >= 4 is 42.0 Å². The zero-order valence-corrected chi connectivity index (χ0v) is 25.1. The SMILES string of the molecule is NC(=O)CC1NC(=O)C2(CCCCC2)NC(=O)C[C@@H](CP(=O)(O)O)/C=C/C[C@@H](Cc2cccc3ccccc23)CNC1=O. The van der Waals surface area contributed by atoms with Crippen LogP contribution in [0.25, 0.3) is 10.8 Å². The lowest BCUT2D eigenvalue weighted by atomic mass is 9.80. The van der Waals surface area contributed by atoms with Crippen molar-refractivity contribution in [2.75, 3.05) is 12.7 Å². The van der Waals surface area contributed by atoms with E-state index in [1.807, 2.05) is 42.5 Å². The quantitative estimate of drug-likeness (QED) is 0.213. The molecule has 2 aromatic carbocycles. The predicted molar refractivity (Wildman–Crippen MR) is 163 cm³/mol. The molecule has 4 rings (SSSR count). The molecule has 1 aliphatic carbocycles. The van der Waals surface area contributed by atoms with Crippen molar-refractivity contribution in [3.05, 3.63) is 60.2 Å². The summed E-state index contributed by atoms with van der Waals surface area (Å²) in [5, 5.41) is 10.5. The topological polar surface area (TPSA) is 188 Å². The summed E-state index contributed by atoms with van der Waals surface area (Å²) < 4.78 is 11.9. The number of hydrogen-bond donors (Lipinski definition) is 6. The molecule has 4 amide bonds. The standard InChI is InChI=1S/C31H41N4O7P/c32-27(36)18-26-29(38)33-19-21(16-24-12-7-11-23-10-2-3-13-25(23)24)8-6-9-22(20-43(40,41)42)17-28(37)35-31(30(39)34-26)14-4-1-5-15-31/h2-3,6-7,9-13,21-22,26H,1,4-5,8,14-20H2,(H2,32,36)(H,33,38)(H,34,39)(H,35,37)(H2,40,41,42)/b9-6+/t21-,22-,26?/m0/s1. The van der Waals surface area contributed by atoms with Gasteiger partial charge in [0.1, 0.15) is 11.6 Å². The number of nitrogens with one attached hydrogen (secondary N) is 3. The Hall–Kier alpha value is -3.53. The molecular formula is C31H41N4O7P. The number of primary amides is 1. The van der Waals surface area contributed by atoms with E-state index < -0.39 is 61.3 Å². The zero-order chi connectivity index (χ0) is 31.0. The highest BCUT2D eigenvalue weighted by atomic mass is 31.2. The van der Waals surface area contributed by atoms with Gasteiger partial charge in [-0.25, -0.2) is 0 Å². The van der Waals surface area contributed by atoms with Gasteiger partial charge in [0.05, 0.1) is 12.6 Å². The van der Waals surface area contributed by atoms with E-state index in [-0.39, 0.29) is 18.9 Å². The molecule has 1 heterocycles. The fraction of sp³-hybridized carbons (Fsp3) is 0.484. The number of nitrogens with two attached hydrogens (primary N) is 1. The molecule has 2 aromatic rings. The van der Waals surface area contributed by atoms with Crippen LogP contribution in [-0.2, 0) is 30.2 Å². The summed E-state index contributed by atoms with van der Waals surface area (Å²) in [5.41, 5.74) is 5.20. The summed E-state index contributed by atoms with van der Waals surface area (Å²) >= 11 is 0. The molecule has 1 unspecified atom stereocenters. The molecular weight excluding hydrogens is 571 g/mol. The van der Waals surface area contributed by atoms with Gasteiger partial charge in [-0.2, -0.15) is 0 Å². The molecule has 11 nitrogen and oxygen atoms in total. The summed E-state index contributed by atoms with van der Waals surface area (Å²) in [6.45, 7) is 0.211. The zero-order valence-electron chi connectivity index (χ0n) is 24.2. The minimum atomic E-state index is -4.45. The van der Waals surface area contributed by atoms with E-state index in [0.717, 1.165) is 22.8 Å². The molecule has 0 aromatic heterocycles. The summed E-state index contributed by atoms with van der Waals surface area (Å²) in [5.74, 6) is -3.30. The van der Waals surface area contributed by atoms with E-state index in [0.29, 0.717) is 38.5 Å². The maximum absolute atomic E-state index is 13.7. The van der Waals surface area contributed by atoms with Gasteiger partial charge in [0, 0.05) is 13.0 Å². The van der Waals surface area contributed by atoms with Crippen LogP contribution in [0.3, 0.4) is 0 Å². The Labute approximate surface area is 251 Å². The number of carbonyl (C=O) groups is 4. The third-order valence-corrected chi connectivity index (χ3v) is 9.24. The lowest BCUT2D eigenvalue weighted by Crippen LogP contribution is -2.63. The first-order chi connectivity index (χ1) is 20.4. The van der Waals surface area contributed by atoms with Crippen molar-refractivity contribution < 1.29 is 33.5 Å². The second kappa shape index (κ2) is 14.3. The fourth-order valence-corrected chi connectivity index (χ4v) is 7.04. The molecule has 0 bridgehead atoms. The maximum atomic E-state index is 13.7. The van der Waals surface area contributed by atoms with Crippen molar-refractivity contribution in [3.8, 4) is 0 Å². The number of carbonyl (C=O) groups excluding carboxylic acids is 4. The van der Waals surface area contributed by atoms with Crippen molar-refractivity contribution in [2.24, 2.45) is 17.6 Å². The van der Waals surface area contributed by atoms with E-state index in [1.54, 1.807) is 12.2 Å². The third-order valence-electron chi connectivity index (χ3n) is 8.30. The predicted octanol–water partition coefficient (Wildman–Crippen LogP) is 2.44. The van der Waals surface area contributed by atoms with Gasteiger partial charge in [-0.05, 0) is 53.9 Å². The van der Waals surface area contributed by atoms with Gasteiger partial charge in [-0.1, -0.05) is 73.9 Å². The molecule has 43 heavy (non-hydrogen) atoms. The first kappa shape index (κ1) is 32.4. The monoisotopic (exact) mass is 612 g/mol. The van der Waals surface area contributed by atoms with Crippen LogP contribution in [0.5, 0.6) is 0 Å². The summed E-state index contributed by atoms with van der Waals surface area (Å²) in [7, 11) is -4.45. The molecule has 3 atom stereocenters. The van der Waals surface area contributed by atoms with E-state index in [1.165, 1.54) is 0 Å². The highest BCUT2D eigenvalue weighted by Crippen LogP contribution is 2.38. The average Bonchev–Trinajstić information content (AvgIpc) is 2.94. The minimum Gasteiger partial charge on any atom is -0.370 e. The lowest BCUT2D eigenvalue weighted by Gasteiger charge is -2.38. The van der Waals surface area contributed by atoms with Crippen molar-refractivity contribution in [2.45, 2.75) is 69.4 Å². The summed E-state index contributed by atoms with van der Waals surface area (Å²) in [4.78, 5) is 71.6. The molecule has 1 saturated carbocycles. The minimum absolute atomic E-state index is 0.143. The van der Waals surface area contributed by atoms with Gasteiger partial charge in [-0.3, -0.25) is 23.7 Å². The lowest BCUT2D eigenvalue weighted by molar-refractivity contribution is -0.138. The fourth-order valence-electron chi connectivity index (χ4n) is 6.18. The first-order valence-corrected chi connectivity index (χ1v) is 16.6. The number of rotatable bonds is 6.